The van der Waals surface area contributed by atoms with Crippen LogP contribution in [0.4, 0.5) is 0 Å². The molecule has 1 aromatic carbocycles. The molecule has 0 amide bonds. The molecule has 4 nitrogen and oxygen atoms in total. The molecule has 0 aliphatic rings. The maximum Gasteiger partial charge on any atom is 0.421 e. The van der Waals surface area contributed by atoms with Gasteiger partial charge in [-0.1, -0.05) is 25.7 Å². The molecule has 0 saturated heterocycles. The normalized spacial score (nSPS) is 12.2. The number of halogens is 1. The molecule has 0 radical (unpaired) electrons. The van der Waals surface area contributed by atoms with E-state index in [1.54, 1.807) is 0 Å². The van der Waals surface area contributed by atoms with Crippen LogP contribution < -0.4 is 5.76 Å². The Morgan fingerprint density at radius 2 is 2.11 bits per heavy atom. The maximum absolute atomic E-state index is 11.8. The SMILES string of the molecule is C[Si](C)(C)CCOCn1c(=O)oc2c(Br)cccc21. The minimum atomic E-state index is -1.10. The second-order valence-electron chi connectivity index (χ2n) is 5.73. The highest BCUT2D eigenvalue weighted by molar-refractivity contribution is 9.10. The first-order chi connectivity index (χ1) is 8.88. The van der Waals surface area contributed by atoms with Crippen molar-refractivity contribution < 1.29 is 9.15 Å². The van der Waals surface area contributed by atoms with E-state index in [0.717, 1.165) is 16.0 Å². The summed E-state index contributed by atoms with van der Waals surface area (Å²) in [5.74, 6) is -0.380. The van der Waals surface area contributed by atoms with Gasteiger partial charge in [-0.3, -0.25) is 0 Å². The van der Waals surface area contributed by atoms with Crippen molar-refractivity contribution in [2.45, 2.75) is 32.4 Å². The van der Waals surface area contributed by atoms with Crippen LogP contribution in [0.3, 0.4) is 0 Å². The van der Waals surface area contributed by atoms with Gasteiger partial charge in [0, 0.05) is 14.7 Å². The molecule has 0 unspecified atom stereocenters. The van der Waals surface area contributed by atoms with Gasteiger partial charge in [0.05, 0.1) is 9.99 Å². The average Bonchev–Trinajstić information content (AvgIpc) is 2.62. The van der Waals surface area contributed by atoms with E-state index in [9.17, 15) is 4.79 Å². The van der Waals surface area contributed by atoms with Gasteiger partial charge in [-0.05, 0) is 34.1 Å². The van der Waals surface area contributed by atoms with E-state index in [1.807, 2.05) is 18.2 Å². The summed E-state index contributed by atoms with van der Waals surface area (Å²) in [5, 5.41) is 0. The molecule has 1 heterocycles. The van der Waals surface area contributed by atoms with Crippen molar-refractivity contribution >= 4 is 35.1 Å². The molecule has 0 N–H and O–H groups in total. The molecule has 0 aliphatic carbocycles. The molecule has 0 saturated carbocycles. The van der Waals surface area contributed by atoms with Crippen LogP contribution in [0.2, 0.25) is 25.7 Å². The number of rotatable bonds is 5. The number of hydrogen-bond donors (Lipinski definition) is 0. The summed E-state index contributed by atoms with van der Waals surface area (Å²) in [6.45, 7) is 7.82. The van der Waals surface area contributed by atoms with Crippen molar-refractivity contribution in [3.05, 3.63) is 33.2 Å². The highest BCUT2D eigenvalue weighted by atomic mass is 79.9. The van der Waals surface area contributed by atoms with Crippen LogP contribution in [0, 0.1) is 0 Å². The van der Waals surface area contributed by atoms with Crippen LogP contribution >= 0.6 is 15.9 Å². The van der Waals surface area contributed by atoms with Gasteiger partial charge in [0.25, 0.3) is 0 Å². The average molecular weight is 344 g/mol. The van der Waals surface area contributed by atoms with Crippen LogP contribution in [0.5, 0.6) is 0 Å². The van der Waals surface area contributed by atoms with Crippen molar-refractivity contribution in [3.8, 4) is 0 Å². The zero-order valence-corrected chi connectivity index (χ0v) is 14.0. The largest absolute Gasteiger partial charge is 0.421 e. The molecule has 0 atom stereocenters. The monoisotopic (exact) mass is 343 g/mol. The molecule has 0 bridgehead atoms. The summed E-state index contributed by atoms with van der Waals surface area (Å²) >= 11 is 3.37. The zero-order chi connectivity index (χ0) is 14.0. The highest BCUT2D eigenvalue weighted by Gasteiger charge is 2.14. The first kappa shape index (κ1) is 14.6. The number of aromatic nitrogens is 1. The molecule has 1 aromatic heterocycles. The molecule has 0 spiro atoms. The fourth-order valence-electron chi connectivity index (χ4n) is 1.71. The summed E-state index contributed by atoms with van der Waals surface area (Å²) in [6.07, 6.45) is 0. The fraction of sp³-hybridized carbons (Fsp3) is 0.462. The first-order valence-electron chi connectivity index (χ1n) is 6.24. The van der Waals surface area contributed by atoms with Crippen molar-refractivity contribution in [3.63, 3.8) is 0 Å². The first-order valence-corrected chi connectivity index (χ1v) is 10.7. The van der Waals surface area contributed by atoms with E-state index in [-0.39, 0.29) is 12.5 Å². The number of ether oxygens (including phenoxy) is 1. The third-order valence-electron chi connectivity index (χ3n) is 2.86. The number of nitrogens with zero attached hydrogens (tertiary/aromatic N) is 1. The van der Waals surface area contributed by atoms with E-state index in [1.165, 1.54) is 4.57 Å². The molecule has 104 valence electrons. The minimum absolute atomic E-state index is 0.243. The van der Waals surface area contributed by atoms with Crippen molar-refractivity contribution in [1.29, 1.82) is 0 Å². The third-order valence-corrected chi connectivity index (χ3v) is 5.19. The smallest absolute Gasteiger partial charge is 0.406 e. The Balaban J connectivity index is 2.11. The number of hydrogen-bond acceptors (Lipinski definition) is 3. The van der Waals surface area contributed by atoms with Crippen molar-refractivity contribution in [2.75, 3.05) is 6.61 Å². The maximum atomic E-state index is 11.8. The van der Waals surface area contributed by atoms with Gasteiger partial charge < -0.3 is 9.15 Å². The number of fused-ring (bicyclic) bond motifs is 1. The van der Waals surface area contributed by atoms with Gasteiger partial charge >= 0.3 is 5.76 Å². The summed E-state index contributed by atoms with van der Waals surface area (Å²) < 4.78 is 13.1. The van der Waals surface area contributed by atoms with Crippen LogP contribution in [-0.4, -0.2) is 19.2 Å². The van der Waals surface area contributed by atoms with Crippen LogP contribution in [0.1, 0.15) is 0 Å². The van der Waals surface area contributed by atoms with Gasteiger partial charge in [-0.2, -0.15) is 0 Å². The van der Waals surface area contributed by atoms with E-state index in [2.05, 4.69) is 35.6 Å². The molecular formula is C13H18BrNO3Si. The van der Waals surface area contributed by atoms with Gasteiger partial charge in [-0.15, -0.1) is 0 Å². The lowest BCUT2D eigenvalue weighted by molar-refractivity contribution is 0.0850. The molecular weight excluding hydrogens is 326 g/mol. The Kier molecular flexibility index (Phi) is 4.32. The second kappa shape index (κ2) is 5.64. The molecule has 6 heteroatoms. The molecule has 2 rings (SSSR count). The van der Waals surface area contributed by atoms with Crippen LogP contribution in [-0.2, 0) is 11.5 Å². The summed E-state index contributed by atoms with van der Waals surface area (Å²) in [7, 11) is -1.10. The molecule has 0 aliphatic heterocycles. The minimum Gasteiger partial charge on any atom is -0.406 e. The summed E-state index contributed by atoms with van der Waals surface area (Å²) in [4.78, 5) is 11.8. The lowest BCUT2D eigenvalue weighted by atomic mass is 10.3. The lowest BCUT2D eigenvalue weighted by Crippen LogP contribution is -2.23. The zero-order valence-electron chi connectivity index (χ0n) is 11.4. The van der Waals surface area contributed by atoms with Crippen LogP contribution in [0.15, 0.2) is 31.9 Å². The number of oxazole rings is 1. The Bertz CT molecular complexity index is 627. The second-order valence-corrected chi connectivity index (χ2v) is 12.2. The number of benzene rings is 1. The third kappa shape index (κ3) is 3.58. The fourth-order valence-corrected chi connectivity index (χ4v) is 2.90. The molecule has 0 fully saturated rings. The van der Waals surface area contributed by atoms with Gasteiger partial charge in [0.15, 0.2) is 5.58 Å². The van der Waals surface area contributed by atoms with E-state index in [4.69, 9.17) is 9.15 Å². The summed E-state index contributed by atoms with van der Waals surface area (Å²) in [5.41, 5.74) is 1.33. The van der Waals surface area contributed by atoms with Gasteiger partial charge in [0.2, 0.25) is 0 Å². The highest BCUT2D eigenvalue weighted by Crippen LogP contribution is 2.22. The van der Waals surface area contributed by atoms with Gasteiger partial charge in [-0.25, -0.2) is 9.36 Å². The molecule has 19 heavy (non-hydrogen) atoms. The van der Waals surface area contributed by atoms with E-state index >= 15 is 0 Å². The Labute approximate surface area is 121 Å². The Morgan fingerprint density at radius 1 is 1.37 bits per heavy atom. The standard InChI is InChI=1S/C13H18BrNO3Si/c1-19(2,3)8-7-17-9-15-11-6-4-5-10(14)12(11)18-13(15)16/h4-6H,7-9H2,1-3H3. The van der Waals surface area contributed by atoms with E-state index in [0.29, 0.717) is 12.2 Å². The Hall–Kier alpha value is -0.853. The topological polar surface area (TPSA) is 44.4 Å². The van der Waals surface area contributed by atoms with Crippen LogP contribution in [0.25, 0.3) is 11.1 Å². The quantitative estimate of drug-likeness (QED) is 0.614. The van der Waals surface area contributed by atoms with Crippen molar-refractivity contribution in [2.24, 2.45) is 0 Å². The summed E-state index contributed by atoms with van der Waals surface area (Å²) in [6, 6.07) is 6.66. The predicted molar refractivity (Wildman–Crippen MR) is 82.3 cm³/mol. The van der Waals surface area contributed by atoms with Crippen molar-refractivity contribution in [1.82, 2.24) is 4.57 Å². The molecule has 2 aromatic rings. The van der Waals surface area contributed by atoms with E-state index < -0.39 is 8.07 Å². The van der Waals surface area contributed by atoms with Gasteiger partial charge in [0.1, 0.15) is 6.73 Å². The number of para-hydroxylation sites is 1. The Morgan fingerprint density at radius 3 is 2.79 bits per heavy atom. The lowest BCUT2D eigenvalue weighted by Gasteiger charge is -2.15. The predicted octanol–water partition coefficient (Wildman–Crippen LogP) is 3.67.